The summed E-state index contributed by atoms with van der Waals surface area (Å²) in [5.41, 5.74) is 4.18. The molecule has 4 fully saturated rings. The van der Waals surface area contributed by atoms with Crippen LogP contribution in [-0.2, 0) is 36.7 Å². The van der Waals surface area contributed by atoms with Crippen molar-refractivity contribution < 1.29 is 38.6 Å². The van der Waals surface area contributed by atoms with Gasteiger partial charge in [-0.05, 0) is 125 Å². The van der Waals surface area contributed by atoms with Crippen LogP contribution < -0.4 is 5.32 Å². The molecule has 0 saturated carbocycles. The van der Waals surface area contributed by atoms with Crippen LogP contribution in [0.3, 0.4) is 0 Å². The number of piperidine rings is 4. The molecule has 1 atom stereocenters. The lowest BCUT2D eigenvalue weighted by Gasteiger charge is -2.41. The molecule has 2 N–H and O–H groups in total. The first-order valence-electron chi connectivity index (χ1n) is 21.9. The second-order valence-electron chi connectivity index (χ2n) is 17.2. The second kappa shape index (κ2) is 19.5. The Bertz CT molecular complexity index is 1810. The Hall–Kier alpha value is -4.85. The molecule has 7 rings (SSSR count). The maximum atomic E-state index is 14.2. The van der Waals surface area contributed by atoms with E-state index in [1.54, 1.807) is 9.80 Å². The molecule has 5 amide bonds. The summed E-state index contributed by atoms with van der Waals surface area (Å²) in [5, 5.41) is 13.5. The van der Waals surface area contributed by atoms with Crippen LogP contribution in [0.5, 0.6) is 5.75 Å². The number of aromatic hydroxyl groups is 1. The number of benzene rings is 2. The summed E-state index contributed by atoms with van der Waals surface area (Å²) in [6.45, 7) is 9.62. The minimum absolute atomic E-state index is 0.00739. The molecule has 2 aromatic carbocycles. The largest absolute Gasteiger partial charge is 0.507 e. The third-order valence-electron chi connectivity index (χ3n) is 13.3. The number of nitrogens with one attached hydrogen (secondary N) is 1. The van der Waals surface area contributed by atoms with E-state index in [4.69, 9.17) is 9.47 Å². The van der Waals surface area contributed by atoms with Gasteiger partial charge in [-0.25, -0.2) is 9.59 Å². The number of likely N-dealkylation sites (tertiary alicyclic amines) is 4. The Kier molecular flexibility index (Phi) is 14.0. The summed E-state index contributed by atoms with van der Waals surface area (Å²) in [5.74, 6) is 0.900. The highest BCUT2D eigenvalue weighted by Crippen LogP contribution is 2.33. The van der Waals surface area contributed by atoms with E-state index in [0.717, 1.165) is 81.4 Å². The number of amides is 5. The molecule has 4 saturated heterocycles. The fraction of sp³-hybridized carbons (Fsp3) is 0.622. The minimum Gasteiger partial charge on any atom is -0.507 e. The van der Waals surface area contributed by atoms with E-state index < -0.39 is 12.2 Å². The van der Waals surface area contributed by atoms with Crippen LogP contribution in [0.25, 0.3) is 0 Å². The van der Waals surface area contributed by atoms with E-state index >= 15 is 0 Å². The molecule has 0 aromatic heterocycles. The smallest absolute Gasteiger partial charge is 0.410 e. The molecule has 5 heterocycles. The van der Waals surface area contributed by atoms with Gasteiger partial charge in [-0.1, -0.05) is 30.3 Å². The number of phenols is 1. The number of phenolic OH excluding ortho intramolecular Hbond substituents is 1. The number of fused-ring (bicyclic) bond motifs is 1. The van der Waals surface area contributed by atoms with Gasteiger partial charge in [-0.2, -0.15) is 0 Å². The van der Waals surface area contributed by atoms with Crippen molar-refractivity contribution in [2.45, 2.75) is 96.6 Å². The quantitative estimate of drug-likeness (QED) is 0.295. The van der Waals surface area contributed by atoms with E-state index in [2.05, 4.69) is 10.2 Å². The normalized spacial score (nSPS) is 20.8. The molecule has 0 aliphatic carbocycles. The summed E-state index contributed by atoms with van der Waals surface area (Å²) in [7, 11) is 0. The predicted molar refractivity (Wildman–Crippen MR) is 222 cm³/mol. The van der Waals surface area contributed by atoms with E-state index in [1.165, 1.54) is 0 Å². The number of hydrogen-bond donors (Lipinski definition) is 2. The Morgan fingerprint density at radius 2 is 1.47 bits per heavy atom. The van der Waals surface area contributed by atoms with Gasteiger partial charge in [0.2, 0.25) is 5.91 Å². The standard InChI is InChI=1S/C45H62N6O8/c1-31-27-33(28-32(2)42(31)54)29-39(59-45(57)50-22-15-37(16-23-50)51-24-14-36-7-3-4-8-38(36)46-44(51)56)43(55)49-20-12-35(13-21-49)34-10-18-47(19-11-34)30-41(53)58-26-25-48-17-6-5-9-40(48)52/h3-4,7-8,27-28,34-35,37,39,54H,5-6,9-26,29-30H2,1-2H3,(H,46,56)/t39-/m1/s1. The van der Waals surface area contributed by atoms with Gasteiger partial charge in [0.15, 0.2) is 6.10 Å². The lowest BCUT2D eigenvalue weighted by molar-refractivity contribution is -0.147. The zero-order valence-corrected chi connectivity index (χ0v) is 34.9. The Morgan fingerprint density at radius 3 is 2.17 bits per heavy atom. The van der Waals surface area contributed by atoms with E-state index in [9.17, 15) is 29.1 Å². The molecule has 320 valence electrons. The third-order valence-corrected chi connectivity index (χ3v) is 13.3. The zero-order chi connectivity index (χ0) is 41.5. The molecule has 14 heteroatoms. The highest BCUT2D eigenvalue weighted by molar-refractivity contribution is 5.91. The molecule has 5 aliphatic heterocycles. The number of para-hydroxylation sites is 1. The molecule has 2 aromatic rings. The van der Waals surface area contributed by atoms with Crippen LogP contribution in [0.15, 0.2) is 36.4 Å². The maximum absolute atomic E-state index is 14.2. The number of carbonyl (C=O) groups excluding carboxylic acids is 5. The van der Waals surface area contributed by atoms with Crippen LogP contribution in [-0.4, -0.2) is 144 Å². The number of urea groups is 1. The zero-order valence-electron chi connectivity index (χ0n) is 34.9. The van der Waals surface area contributed by atoms with Crippen LogP contribution in [0.2, 0.25) is 0 Å². The first kappa shape index (κ1) is 42.3. The lowest BCUT2D eigenvalue weighted by atomic mass is 9.78. The van der Waals surface area contributed by atoms with Crippen LogP contribution in [0, 0.1) is 25.7 Å². The second-order valence-corrected chi connectivity index (χ2v) is 17.2. The highest BCUT2D eigenvalue weighted by Gasteiger charge is 2.37. The average Bonchev–Trinajstić information content (AvgIpc) is 3.41. The summed E-state index contributed by atoms with van der Waals surface area (Å²) in [4.78, 5) is 75.1. The number of ether oxygens (including phenoxy) is 2. The molecule has 0 bridgehead atoms. The number of esters is 1. The van der Waals surface area contributed by atoms with Gasteiger partial charge in [0.1, 0.15) is 12.4 Å². The van der Waals surface area contributed by atoms with Gasteiger partial charge in [-0.15, -0.1) is 0 Å². The summed E-state index contributed by atoms with van der Waals surface area (Å²) >= 11 is 0. The van der Waals surface area contributed by atoms with Crippen molar-refractivity contribution in [1.29, 1.82) is 0 Å². The monoisotopic (exact) mass is 814 g/mol. The molecule has 5 aliphatic rings. The lowest BCUT2D eigenvalue weighted by Crippen LogP contribution is -2.52. The summed E-state index contributed by atoms with van der Waals surface area (Å²) in [6.07, 6.45) is 6.88. The number of carbonyl (C=O) groups is 5. The minimum atomic E-state index is -1.02. The molecule has 59 heavy (non-hydrogen) atoms. The van der Waals surface area contributed by atoms with E-state index in [1.807, 2.05) is 60.0 Å². The number of anilines is 1. The van der Waals surface area contributed by atoms with Crippen LogP contribution in [0.1, 0.15) is 80.0 Å². The van der Waals surface area contributed by atoms with Crippen molar-refractivity contribution in [1.82, 2.24) is 24.5 Å². The number of nitrogens with zero attached hydrogens (tertiary/aromatic N) is 5. The van der Waals surface area contributed by atoms with Gasteiger partial charge in [0.25, 0.3) is 5.91 Å². The Balaban J connectivity index is 0.889. The maximum Gasteiger partial charge on any atom is 0.410 e. The molecule has 0 radical (unpaired) electrons. The molecule has 0 spiro atoms. The number of aryl methyl sites for hydroxylation is 2. The number of hydrogen-bond acceptors (Lipinski definition) is 9. The SMILES string of the molecule is Cc1cc(C[C@@H](OC(=O)N2CCC(N3CCc4ccccc4NC3=O)CC2)C(=O)N2CCC(C3CCN(CC(=O)OCCN4CCCCC4=O)CC3)CC2)cc(C)c1O. The molecular weight excluding hydrogens is 753 g/mol. The molecule has 14 nitrogen and oxygen atoms in total. The highest BCUT2D eigenvalue weighted by atomic mass is 16.6. The Labute approximate surface area is 348 Å². The first-order valence-corrected chi connectivity index (χ1v) is 21.9. The van der Waals surface area contributed by atoms with Crippen molar-refractivity contribution in [2.24, 2.45) is 11.8 Å². The van der Waals surface area contributed by atoms with Crippen LogP contribution in [0.4, 0.5) is 15.3 Å². The topological polar surface area (TPSA) is 152 Å². The predicted octanol–water partition coefficient (Wildman–Crippen LogP) is 5.12. The van der Waals surface area contributed by atoms with Gasteiger partial charge >= 0.3 is 18.1 Å². The van der Waals surface area contributed by atoms with Crippen molar-refractivity contribution in [3.05, 3.63) is 58.7 Å². The van der Waals surface area contributed by atoms with Crippen molar-refractivity contribution in [3.63, 3.8) is 0 Å². The first-order chi connectivity index (χ1) is 28.5. The van der Waals surface area contributed by atoms with Crippen molar-refractivity contribution in [3.8, 4) is 5.75 Å². The van der Waals surface area contributed by atoms with E-state index in [-0.39, 0.29) is 55.2 Å². The fourth-order valence-corrected chi connectivity index (χ4v) is 9.82. The van der Waals surface area contributed by atoms with Gasteiger partial charge in [-0.3, -0.25) is 19.3 Å². The Morgan fingerprint density at radius 1 is 0.814 bits per heavy atom. The van der Waals surface area contributed by atoms with E-state index in [0.29, 0.717) is 81.5 Å². The number of rotatable bonds is 11. The van der Waals surface area contributed by atoms with Crippen molar-refractivity contribution >= 4 is 35.6 Å². The fourth-order valence-electron chi connectivity index (χ4n) is 9.82. The summed E-state index contributed by atoms with van der Waals surface area (Å²) < 4.78 is 11.6. The molecular formula is C45H62N6O8. The van der Waals surface area contributed by atoms with Crippen LogP contribution >= 0.6 is 0 Å². The van der Waals surface area contributed by atoms with Crippen molar-refractivity contribution in [2.75, 3.05) is 77.4 Å². The van der Waals surface area contributed by atoms with Gasteiger partial charge < -0.3 is 39.5 Å². The summed E-state index contributed by atoms with van der Waals surface area (Å²) in [6, 6.07) is 11.4. The average molecular weight is 815 g/mol. The van der Waals surface area contributed by atoms with Gasteiger partial charge in [0.05, 0.1) is 13.1 Å². The van der Waals surface area contributed by atoms with Gasteiger partial charge in [0, 0.05) is 63.8 Å². The molecule has 0 unspecified atom stereocenters. The third kappa shape index (κ3) is 10.7.